The van der Waals surface area contributed by atoms with E-state index < -0.39 is 0 Å². The second kappa shape index (κ2) is 6.73. The molecule has 3 N–H and O–H groups in total. The molecule has 0 radical (unpaired) electrons. The van der Waals surface area contributed by atoms with E-state index in [1.807, 2.05) is 31.7 Å². The third-order valence-electron chi connectivity index (χ3n) is 3.83. The number of hydrogen-bond acceptors (Lipinski definition) is 3. The molecule has 1 fully saturated rings. The minimum Gasteiger partial charge on any atom is -0.271 e. The first kappa shape index (κ1) is 14.8. The van der Waals surface area contributed by atoms with Gasteiger partial charge < -0.3 is 0 Å². The van der Waals surface area contributed by atoms with Crippen LogP contribution < -0.4 is 11.3 Å². The van der Waals surface area contributed by atoms with Gasteiger partial charge in [-0.25, -0.2) is 4.39 Å². The van der Waals surface area contributed by atoms with Crippen LogP contribution >= 0.6 is 11.8 Å². The van der Waals surface area contributed by atoms with Crippen molar-refractivity contribution >= 4 is 11.8 Å². The molecule has 0 bridgehead atoms. The Morgan fingerprint density at radius 1 is 1.37 bits per heavy atom. The fourth-order valence-electron chi connectivity index (χ4n) is 2.87. The lowest BCUT2D eigenvalue weighted by Crippen LogP contribution is -2.31. The molecule has 0 saturated heterocycles. The van der Waals surface area contributed by atoms with Crippen molar-refractivity contribution in [2.24, 2.45) is 5.84 Å². The number of hydrazine groups is 1. The molecule has 2 nitrogen and oxygen atoms in total. The molecule has 0 spiro atoms. The van der Waals surface area contributed by atoms with Gasteiger partial charge in [0.05, 0.1) is 6.04 Å². The van der Waals surface area contributed by atoms with E-state index >= 15 is 0 Å². The summed E-state index contributed by atoms with van der Waals surface area (Å²) in [7, 11) is 0. The fourth-order valence-corrected chi connectivity index (χ4v) is 4.26. The van der Waals surface area contributed by atoms with Crippen molar-refractivity contribution in [3.8, 4) is 0 Å². The molecular weight excluding hydrogens is 259 g/mol. The summed E-state index contributed by atoms with van der Waals surface area (Å²) in [5.74, 6) is 6.32. The van der Waals surface area contributed by atoms with E-state index in [9.17, 15) is 4.39 Å². The van der Waals surface area contributed by atoms with Crippen LogP contribution in [0.2, 0.25) is 0 Å². The summed E-state index contributed by atoms with van der Waals surface area (Å²) in [6.07, 6.45) is 5.24. The van der Waals surface area contributed by atoms with Crippen molar-refractivity contribution in [2.45, 2.75) is 50.8 Å². The Morgan fingerprint density at radius 3 is 2.63 bits per heavy atom. The topological polar surface area (TPSA) is 38.0 Å². The highest BCUT2D eigenvalue weighted by Gasteiger charge is 2.21. The largest absolute Gasteiger partial charge is 0.271 e. The molecule has 1 atom stereocenters. The summed E-state index contributed by atoms with van der Waals surface area (Å²) in [4.78, 5) is 0. The number of rotatable bonds is 5. The third-order valence-corrected chi connectivity index (χ3v) is 5.30. The number of hydrogen-bond donors (Lipinski definition) is 2. The van der Waals surface area contributed by atoms with Gasteiger partial charge in [0.15, 0.2) is 0 Å². The van der Waals surface area contributed by atoms with Crippen LogP contribution in [0.15, 0.2) is 12.1 Å². The van der Waals surface area contributed by atoms with Crippen LogP contribution in [0.4, 0.5) is 4.39 Å². The molecule has 19 heavy (non-hydrogen) atoms. The highest BCUT2D eigenvalue weighted by Crippen LogP contribution is 2.33. The van der Waals surface area contributed by atoms with Crippen molar-refractivity contribution in [3.05, 3.63) is 34.6 Å². The highest BCUT2D eigenvalue weighted by molar-refractivity contribution is 7.99. The molecule has 1 saturated carbocycles. The summed E-state index contributed by atoms with van der Waals surface area (Å²) in [5.41, 5.74) is 5.44. The van der Waals surface area contributed by atoms with Crippen molar-refractivity contribution in [1.82, 2.24) is 5.43 Å². The predicted molar refractivity (Wildman–Crippen MR) is 80.7 cm³/mol. The maximum Gasteiger partial charge on any atom is 0.128 e. The minimum absolute atomic E-state index is 0.105. The molecule has 1 aromatic carbocycles. The quantitative estimate of drug-likeness (QED) is 0.640. The zero-order valence-corrected chi connectivity index (χ0v) is 12.5. The number of aryl methyl sites for hydroxylation is 2. The first-order valence-corrected chi connectivity index (χ1v) is 8.01. The average Bonchev–Trinajstić information content (AvgIpc) is 2.85. The maximum absolute atomic E-state index is 14.1. The Kier molecular flexibility index (Phi) is 5.25. The monoisotopic (exact) mass is 282 g/mol. The number of benzene rings is 1. The summed E-state index contributed by atoms with van der Waals surface area (Å²) < 4.78 is 14.1. The summed E-state index contributed by atoms with van der Waals surface area (Å²) >= 11 is 1.92. The first-order valence-electron chi connectivity index (χ1n) is 6.96. The number of halogens is 1. The van der Waals surface area contributed by atoms with Crippen molar-refractivity contribution in [2.75, 3.05) is 5.75 Å². The molecule has 1 aliphatic rings. The molecule has 1 aromatic rings. The fraction of sp³-hybridized carbons (Fsp3) is 0.600. The van der Waals surface area contributed by atoms with Gasteiger partial charge in [-0.05, 0) is 43.9 Å². The second-order valence-electron chi connectivity index (χ2n) is 5.44. The van der Waals surface area contributed by atoms with E-state index in [0.717, 1.165) is 27.7 Å². The molecule has 0 aromatic heterocycles. The minimum atomic E-state index is -0.146. The Balaban J connectivity index is 2.08. The Labute approximate surface area is 119 Å². The van der Waals surface area contributed by atoms with Crippen molar-refractivity contribution in [3.63, 3.8) is 0 Å². The van der Waals surface area contributed by atoms with Crippen LogP contribution in [0.5, 0.6) is 0 Å². The van der Waals surface area contributed by atoms with Gasteiger partial charge in [0.2, 0.25) is 0 Å². The van der Waals surface area contributed by atoms with E-state index in [0.29, 0.717) is 0 Å². The summed E-state index contributed by atoms with van der Waals surface area (Å²) in [6.45, 7) is 3.87. The zero-order chi connectivity index (χ0) is 13.8. The number of nitrogens with two attached hydrogens (primary N) is 1. The Morgan fingerprint density at radius 2 is 2.05 bits per heavy atom. The summed E-state index contributed by atoms with van der Waals surface area (Å²) in [5, 5.41) is 0.727. The van der Waals surface area contributed by atoms with Crippen molar-refractivity contribution < 1.29 is 4.39 Å². The SMILES string of the molecule is Cc1cc(C)c(C(CSC2CCCC2)NN)c(F)c1. The Hall–Kier alpha value is -0.580. The van der Waals surface area contributed by atoms with Gasteiger partial charge in [-0.2, -0.15) is 11.8 Å². The lowest BCUT2D eigenvalue weighted by molar-refractivity contribution is 0.542. The lowest BCUT2D eigenvalue weighted by atomic mass is 10.00. The van der Waals surface area contributed by atoms with E-state index in [1.165, 1.54) is 25.7 Å². The van der Waals surface area contributed by atoms with Crippen molar-refractivity contribution in [1.29, 1.82) is 0 Å². The molecule has 106 valence electrons. The van der Waals surface area contributed by atoms with Gasteiger partial charge in [0.25, 0.3) is 0 Å². The van der Waals surface area contributed by atoms with Crippen LogP contribution in [-0.2, 0) is 0 Å². The third kappa shape index (κ3) is 3.71. The normalized spacial score (nSPS) is 17.9. The van der Waals surface area contributed by atoms with E-state index in [2.05, 4.69) is 5.43 Å². The number of nitrogens with one attached hydrogen (secondary N) is 1. The molecule has 2 rings (SSSR count). The molecule has 0 aliphatic heterocycles. The highest BCUT2D eigenvalue weighted by atomic mass is 32.2. The number of thioether (sulfide) groups is 1. The van der Waals surface area contributed by atoms with Crippen LogP contribution in [0.1, 0.15) is 48.4 Å². The van der Waals surface area contributed by atoms with Gasteiger partial charge in [-0.15, -0.1) is 0 Å². The zero-order valence-electron chi connectivity index (χ0n) is 11.7. The smallest absolute Gasteiger partial charge is 0.128 e. The second-order valence-corrected chi connectivity index (χ2v) is 6.77. The molecule has 1 unspecified atom stereocenters. The predicted octanol–water partition coefficient (Wildman–Crippen LogP) is 3.62. The van der Waals surface area contributed by atoms with Crippen LogP contribution in [-0.4, -0.2) is 11.0 Å². The van der Waals surface area contributed by atoms with Crippen LogP contribution in [0, 0.1) is 19.7 Å². The van der Waals surface area contributed by atoms with Crippen LogP contribution in [0.3, 0.4) is 0 Å². The van der Waals surface area contributed by atoms with E-state index in [-0.39, 0.29) is 11.9 Å². The molecule has 0 heterocycles. The first-order chi connectivity index (χ1) is 9.11. The van der Waals surface area contributed by atoms with Gasteiger partial charge in [-0.1, -0.05) is 18.9 Å². The van der Waals surface area contributed by atoms with Gasteiger partial charge in [0, 0.05) is 16.6 Å². The van der Waals surface area contributed by atoms with E-state index in [4.69, 9.17) is 5.84 Å². The molecule has 0 amide bonds. The summed E-state index contributed by atoms with van der Waals surface area (Å²) in [6, 6.07) is 3.50. The Bertz CT molecular complexity index is 407. The molecule has 1 aliphatic carbocycles. The standard InChI is InChI=1S/C15H23FN2S/c1-10-7-11(2)15(13(16)8-10)14(18-17)9-19-12-5-3-4-6-12/h7-8,12,14,18H,3-6,9,17H2,1-2H3. The molecular formula is C15H23FN2S. The van der Waals surface area contributed by atoms with Gasteiger partial charge in [0.1, 0.15) is 5.82 Å². The van der Waals surface area contributed by atoms with Crippen LogP contribution in [0.25, 0.3) is 0 Å². The van der Waals surface area contributed by atoms with E-state index in [1.54, 1.807) is 6.07 Å². The van der Waals surface area contributed by atoms with Gasteiger partial charge >= 0.3 is 0 Å². The average molecular weight is 282 g/mol. The van der Waals surface area contributed by atoms with Gasteiger partial charge in [-0.3, -0.25) is 11.3 Å². The maximum atomic E-state index is 14.1. The molecule has 4 heteroatoms. The lowest BCUT2D eigenvalue weighted by Gasteiger charge is -2.21.